The van der Waals surface area contributed by atoms with Crippen molar-refractivity contribution in [2.24, 2.45) is 5.41 Å². The van der Waals surface area contributed by atoms with Crippen molar-refractivity contribution in [1.82, 2.24) is 10.0 Å². The van der Waals surface area contributed by atoms with Gasteiger partial charge in [0, 0.05) is 6.54 Å². The van der Waals surface area contributed by atoms with Gasteiger partial charge in [-0.05, 0) is 44.2 Å². The van der Waals surface area contributed by atoms with Crippen LogP contribution in [0.1, 0.15) is 72.6 Å². The minimum atomic E-state index is -3.12. The molecule has 0 aliphatic carbocycles. The first kappa shape index (κ1) is 20.9. The molecule has 0 aliphatic heterocycles. The van der Waals surface area contributed by atoms with Crippen molar-refractivity contribution in [1.29, 1.82) is 0 Å². The summed E-state index contributed by atoms with van der Waals surface area (Å²) in [6.07, 6.45) is 7.43. The monoisotopic (exact) mass is 320 g/mol. The van der Waals surface area contributed by atoms with Crippen molar-refractivity contribution in [2.75, 3.05) is 25.4 Å². The van der Waals surface area contributed by atoms with Crippen LogP contribution in [0.25, 0.3) is 0 Å². The van der Waals surface area contributed by atoms with Gasteiger partial charge in [-0.25, -0.2) is 13.1 Å². The average Bonchev–Trinajstić information content (AvgIpc) is 2.41. The van der Waals surface area contributed by atoms with E-state index in [9.17, 15) is 8.42 Å². The van der Waals surface area contributed by atoms with E-state index in [2.05, 4.69) is 37.7 Å². The van der Waals surface area contributed by atoms with E-state index >= 15 is 0 Å². The second-order valence-corrected chi connectivity index (χ2v) is 8.64. The van der Waals surface area contributed by atoms with Crippen LogP contribution in [0.15, 0.2) is 0 Å². The Morgan fingerprint density at radius 2 is 1.62 bits per heavy atom. The maximum absolute atomic E-state index is 12.0. The molecule has 0 heterocycles. The molecule has 5 heteroatoms. The van der Waals surface area contributed by atoms with Crippen molar-refractivity contribution in [2.45, 2.75) is 72.6 Å². The van der Waals surface area contributed by atoms with Crippen molar-refractivity contribution < 1.29 is 8.42 Å². The molecule has 0 aromatic rings. The van der Waals surface area contributed by atoms with Gasteiger partial charge in [0.05, 0.1) is 5.75 Å². The summed E-state index contributed by atoms with van der Waals surface area (Å²) >= 11 is 0. The summed E-state index contributed by atoms with van der Waals surface area (Å²) < 4.78 is 26.7. The zero-order valence-corrected chi connectivity index (χ0v) is 15.3. The fourth-order valence-electron chi connectivity index (χ4n) is 2.16. The van der Waals surface area contributed by atoms with Gasteiger partial charge in [-0.3, -0.25) is 0 Å². The van der Waals surface area contributed by atoms with Gasteiger partial charge in [-0.2, -0.15) is 0 Å². The van der Waals surface area contributed by atoms with Gasteiger partial charge in [0.25, 0.3) is 0 Å². The maximum atomic E-state index is 12.0. The molecule has 0 unspecified atom stereocenters. The number of sulfonamides is 1. The highest BCUT2D eigenvalue weighted by atomic mass is 32.2. The lowest BCUT2D eigenvalue weighted by atomic mass is 9.87. The highest BCUT2D eigenvalue weighted by molar-refractivity contribution is 7.89. The van der Waals surface area contributed by atoms with Crippen LogP contribution >= 0.6 is 0 Å². The molecule has 4 nitrogen and oxygen atoms in total. The Morgan fingerprint density at radius 1 is 0.905 bits per heavy atom. The van der Waals surface area contributed by atoms with Gasteiger partial charge in [0.2, 0.25) is 10.0 Å². The number of unbranched alkanes of at least 4 members (excludes halogenated alkanes) is 3. The summed E-state index contributed by atoms with van der Waals surface area (Å²) in [7, 11) is -3.12. The Balaban J connectivity index is 3.85. The quantitative estimate of drug-likeness (QED) is 0.483. The van der Waals surface area contributed by atoms with E-state index in [4.69, 9.17) is 0 Å². The van der Waals surface area contributed by atoms with Crippen LogP contribution in [-0.2, 0) is 10.0 Å². The Labute approximate surface area is 132 Å². The number of hydrogen-bond acceptors (Lipinski definition) is 3. The summed E-state index contributed by atoms with van der Waals surface area (Å²) in [6.45, 7) is 11.1. The zero-order chi connectivity index (χ0) is 16.2. The molecule has 0 radical (unpaired) electrons. The number of rotatable bonds is 14. The fourth-order valence-corrected chi connectivity index (χ4v) is 3.50. The minimum absolute atomic E-state index is 0.0465. The van der Waals surface area contributed by atoms with E-state index in [1.54, 1.807) is 0 Å². The van der Waals surface area contributed by atoms with Crippen LogP contribution in [0.5, 0.6) is 0 Å². The Morgan fingerprint density at radius 3 is 2.24 bits per heavy atom. The van der Waals surface area contributed by atoms with E-state index < -0.39 is 10.0 Å². The molecule has 0 aromatic heterocycles. The van der Waals surface area contributed by atoms with Crippen LogP contribution in [0.4, 0.5) is 0 Å². The smallest absolute Gasteiger partial charge is 0.211 e. The molecule has 0 bridgehead atoms. The van der Waals surface area contributed by atoms with Gasteiger partial charge >= 0.3 is 0 Å². The van der Waals surface area contributed by atoms with Gasteiger partial charge in [-0.15, -0.1) is 0 Å². The second kappa shape index (κ2) is 11.4. The molecular formula is C16H36N2O2S. The van der Waals surface area contributed by atoms with Crippen LogP contribution in [0.3, 0.4) is 0 Å². The molecular weight excluding hydrogens is 284 g/mol. The normalized spacial score (nSPS) is 12.8. The first-order valence-electron chi connectivity index (χ1n) is 8.51. The summed E-state index contributed by atoms with van der Waals surface area (Å²) in [5, 5.41) is 3.29. The standard InChI is InChI=1S/C16H36N2O2S/c1-5-7-8-11-16(3,4)15-18-21(19,20)14-10-9-13-17-12-6-2/h17-18H,5-15H2,1-4H3. The molecule has 128 valence electrons. The summed E-state index contributed by atoms with van der Waals surface area (Å²) in [4.78, 5) is 0. The third-order valence-electron chi connectivity index (χ3n) is 3.67. The van der Waals surface area contributed by atoms with Crippen molar-refractivity contribution in [3.05, 3.63) is 0 Å². The lowest BCUT2D eigenvalue weighted by Gasteiger charge is -2.24. The van der Waals surface area contributed by atoms with Crippen molar-refractivity contribution >= 4 is 10.0 Å². The third-order valence-corrected chi connectivity index (χ3v) is 5.08. The average molecular weight is 321 g/mol. The predicted octanol–water partition coefficient (Wildman–Crippen LogP) is 3.29. The Kier molecular flexibility index (Phi) is 11.4. The van der Waals surface area contributed by atoms with Crippen LogP contribution in [0.2, 0.25) is 0 Å². The lowest BCUT2D eigenvalue weighted by Crippen LogP contribution is -2.35. The third kappa shape index (κ3) is 13.3. The Bertz CT molecular complexity index is 340. The molecule has 0 atom stereocenters. The number of hydrogen-bond donors (Lipinski definition) is 2. The van der Waals surface area contributed by atoms with E-state index in [-0.39, 0.29) is 11.2 Å². The van der Waals surface area contributed by atoms with Crippen molar-refractivity contribution in [3.8, 4) is 0 Å². The molecule has 0 rings (SSSR count). The molecule has 21 heavy (non-hydrogen) atoms. The van der Waals surface area contributed by atoms with E-state index in [0.717, 1.165) is 38.8 Å². The number of nitrogens with one attached hydrogen (secondary N) is 2. The van der Waals surface area contributed by atoms with Gasteiger partial charge < -0.3 is 5.32 Å². The molecule has 0 aliphatic rings. The van der Waals surface area contributed by atoms with Gasteiger partial charge in [0.15, 0.2) is 0 Å². The molecule has 0 saturated heterocycles. The highest BCUT2D eigenvalue weighted by Gasteiger charge is 2.20. The lowest BCUT2D eigenvalue weighted by molar-refractivity contribution is 0.320. The summed E-state index contributed by atoms with van der Waals surface area (Å²) in [5.74, 6) is 0.242. The molecule has 2 N–H and O–H groups in total. The first-order valence-corrected chi connectivity index (χ1v) is 10.2. The molecule has 0 saturated carbocycles. The van der Waals surface area contributed by atoms with E-state index in [1.807, 2.05) is 0 Å². The SMILES string of the molecule is CCCCCC(C)(C)CNS(=O)(=O)CCCCNCCC. The highest BCUT2D eigenvalue weighted by Crippen LogP contribution is 2.22. The molecule has 0 aromatic carbocycles. The van der Waals surface area contributed by atoms with Crippen LogP contribution in [-0.4, -0.2) is 33.8 Å². The molecule has 0 fully saturated rings. The van der Waals surface area contributed by atoms with E-state index in [1.165, 1.54) is 19.3 Å². The fraction of sp³-hybridized carbons (Fsp3) is 1.00. The Hall–Kier alpha value is -0.130. The second-order valence-electron chi connectivity index (χ2n) is 6.72. The zero-order valence-electron chi connectivity index (χ0n) is 14.5. The summed E-state index contributed by atoms with van der Waals surface area (Å²) in [5.41, 5.74) is 0.0465. The molecule has 0 amide bonds. The van der Waals surface area contributed by atoms with Crippen LogP contribution < -0.4 is 10.0 Å². The minimum Gasteiger partial charge on any atom is -0.317 e. The topological polar surface area (TPSA) is 58.2 Å². The summed E-state index contributed by atoms with van der Waals surface area (Å²) in [6, 6.07) is 0. The molecule has 0 spiro atoms. The van der Waals surface area contributed by atoms with Crippen molar-refractivity contribution in [3.63, 3.8) is 0 Å². The van der Waals surface area contributed by atoms with Crippen LogP contribution in [0, 0.1) is 5.41 Å². The largest absolute Gasteiger partial charge is 0.317 e. The van der Waals surface area contributed by atoms with Gasteiger partial charge in [-0.1, -0.05) is 47.0 Å². The first-order chi connectivity index (χ1) is 9.83. The maximum Gasteiger partial charge on any atom is 0.211 e. The van der Waals surface area contributed by atoms with Gasteiger partial charge in [0.1, 0.15) is 0 Å². The predicted molar refractivity (Wildman–Crippen MR) is 92.1 cm³/mol. The van der Waals surface area contributed by atoms with E-state index in [0.29, 0.717) is 6.54 Å².